The summed E-state index contributed by atoms with van der Waals surface area (Å²) in [7, 11) is 0. The van der Waals surface area contributed by atoms with Crippen molar-refractivity contribution < 1.29 is 9.47 Å². The first-order chi connectivity index (χ1) is 10.9. The van der Waals surface area contributed by atoms with Crippen LogP contribution in [0.1, 0.15) is 12.8 Å². The highest BCUT2D eigenvalue weighted by Gasteiger charge is 2.45. The van der Waals surface area contributed by atoms with Gasteiger partial charge >= 0.3 is 0 Å². The molecule has 0 aromatic carbocycles. The molecule has 3 atom stereocenters. The predicted molar refractivity (Wildman–Crippen MR) is 84.9 cm³/mol. The average Bonchev–Trinajstić information content (AvgIpc) is 3.16. The van der Waals surface area contributed by atoms with Gasteiger partial charge in [0.2, 0.25) is 0 Å². The molecule has 1 N–H and O–H groups in total. The van der Waals surface area contributed by atoms with Crippen molar-refractivity contribution in [3.8, 4) is 0 Å². The number of likely N-dealkylation sites (tertiary alicyclic amines) is 1. The number of aromatic nitrogens is 1. The van der Waals surface area contributed by atoms with Gasteiger partial charge in [-0.25, -0.2) is 4.98 Å². The fourth-order valence-electron chi connectivity index (χ4n) is 4.09. The molecule has 0 radical (unpaired) electrons. The maximum Gasteiger partial charge on any atom is 0.125 e. The lowest BCUT2D eigenvalue weighted by Crippen LogP contribution is -2.39. The Kier molecular flexibility index (Phi) is 4.28. The van der Waals surface area contributed by atoms with Gasteiger partial charge in [0.1, 0.15) is 5.82 Å². The molecule has 1 aromatic rings. The summed E-state index contributed by atoms with van der Waals surface area (Å²) >= 11 is 0. The van der Waals surface area contributed by atoms with Gasteiger partial charge in [0.25, 0.3) is 0 Å². The Bertz CT molecular complexity index is 478. The minimum absolute atomic E-state index is 0.429. The fourth-order valence-corrected chi connectivity index (χ4v) is 4.09. The summed E-state index contributed by atoms with van der Waals surface area (Å²) in [5.41, 5.74) is 0. The van der Waals surface area contributed by atoms with E-state index in [-0.39, 0.29) is 0 Å². The number of anilines is 1. The number of ether oxygens (including phenoxy) is 2. The molecule has 22 heavy (non-hydrogen) atoms. The fraction of sp³-hybridized carbons (Fsp3) is 0.706. The molecule has 0 aliphatic carbocycles. The predicted octanol–water partition coefficient (Wildman–Crippen LogP) is 1.62. The van der Waals surface area contributed by atoms with Crippen LogP contribution < -0.4 is 5.32 Å². The Morgan fingerprint density at radius 3 is 2.95 bits per heavy atom. The van der Waals surface area contributed by atoms with Gasteiger partial charge in [-0.05, 0) is 25.0 Å². The molecule has 3 saturated heterocycles. The topological polar surface area (TPSA) is 46.6 Å². The molecule has 4 heterocycles. The van der Waals surface area contributed by atoms with E-state index in [1.807, 2.05) is 24.4 Å². The van der Waals surface area contributed by atoms with E-state index in [0.717, 1.165) is 38.7 Å². The molecule has 1 aromatic heterocycles. The van der Waals surface area contributed by atoms with Gasteiger partial charge in [-0.1, -0.05) is 6.07 Å². The number of hydrogen-bond donors (Lipinski definition) is 1. The van der Waals surface area contributed by atoms with E-state index >= 15 is 0 Å². The van der Waals surface area contributed by atoms with E-state index in [0.29, 0.717) is 24.0 Å². The molecule has 5 nitrogen and oxygen atoms in total. The number of nitrogens with one attached hydrogen (secondary N) is 1. The molecular formula is C17H25N3O2. The van der Waals surface area contributed by atoms with Gasteiger partial charge < -0.3 is 14.8 Å². The first-order valence-corrected chi connectivity index (χ1v) is 8.48. The van der Waals surface area contributed by atoms with Crippen molar-refractivity contribution in [3.63, 3.8) is 0 Å². The van der Waals surface area contributed by atoms with E-state index in [2.05, 4.69) is 15.2 Å². The minimum Gasteiger partial charge on any atom is -0.381 e. The van der Waals surface area contributed by atoms with Gasteiger partial charge in [0.05, 0.1) is 12.7 Å². The number of hydrogen-bond acceptors (Lipinski definition) is 5. The van der Waals surface area contributed by atoms with Crippen molar-refractivity contribution in [2.75, 3.05) is 44.8 Å². The zero-order chi connectivity index (χ0) is 14.8. The maximum atomic E-state index is 6.07. The summed E-state index contributed by atoms with van der Waals surface area (Å²) in [5, 5.41) is 3.46. The van der Waals surface area contributed by atoms with E-state index in [1.165, 1.54) is 19.4 Å². The standard InChI is InChI=1S/C17H25N3O2/c1-2-6-18-17(3-1)19-9-13-12-22-16-11-20(10-15(13)16)14-4-7-21-8-5-14/h1-3,6,13-16H,4-5,7-12H2,(H,18,19)/t13-,15+,16+/m1/s1. The van der Waals surface area contributed by atoms with Crippen molar-refractivity contribution in [1.29, 1.82) is 0 Å². The highest BCUT2D eigenvalue weighted by atomic mass is 16.5. The van der Waals surface area contributed by atoms with Crippen LogP contribution in [0, 0.1) is 11.8 Å². The summed E-state index contributed by atoms with van der Waals surface area (Å²) in [4.78, 5) is 6.98. The first kappa shape index (κ1) is 14.4. The van der Waals surface area contributed by atoms with Crippen molar-refractivity contribution in [2.45, 2.75) is 25.0 Å². The lowest BCUT2D eigenvalue weighted by atomic mass is 9.93. The smallest absolute Gasteiger partial charge is 0.125 e. The second kappa shape index (κ2) is 6.52. The SMILES string of the molecule is c1ccc(NC[C@@H]2CO[C@H]3CN(C4CCOCC4)C[C@@H]23)nc1. The monoisotopic (exact) mass is 303 g/mol. The summed E-state index contributed by atoms with van der Waals surface area (Å²) in [5.74, 6) is 2.22. The van der Waals surface area contributed by atoms with Gasteiger partial charge in [-0.2, -0.15) is 0 Å². The van der Waals surface area contributed by atoms with Gasteiger partial charge in [-0.15, -0.1) is 0 Å². The number of pyridine rings is 1. The highest BCUT2D eigenvalue weighted by Crippen LogP contribution is 2.35. The van der Waals surface area contributed by atoms with Crippen molar-refractivity contribution >= 4 is 5.82 Å². The van der Waals surface area contributed by atoms with E-state index in [1.54, 1.807) is 0 Å². The lowest BCUT2D eigenvalue weighted by Gasteiger charge is -2.31. The van der Waals surface area contributed by atoms with E-state index < -0.39 is 0 Å². The molecule has 0 saturated carbocycles. The highest BCUT2D eigenvalue weighted by molar-refractivity contribution is 5.33. The molecule has 3 fully saturated rings. The Hall–Kier alpha value is -1.17. The number of fused-ring (bicyclic) bond motifs is 1. The summed E-state index contributed by atoms with van der Waals surface area (Å²) in [6, 6.07) is 6.69. The zero-order valence-electron chi connectivity index (χ0n) is 13.0. The molecule has 120 valence electrons. The molecule has 0 spiro atoms. The first-order valence-electron chi connectivity index (χ1n) is 8.48. The Labute approximate surface area is 132 Å². The summed E-state index contributed by atoms with van der Waals surface area (Å²) in [6.07, 6.45) is 4.61. The van der Waals surface area contributed by atoms with Crippen molar-refractivity contribution in [1.82, 2.24) is 9.88 Å². The van der Waals surface area contributed by atoms with Crippen LogP contribution >= 0.6 is 0 Å². The third kappa shape index (κ3) is 2.98. The molecule has 0 bridgehead atoms. The van der Waals surface area contributed by atoms with Crippen LogP contribution in [0.5, 0.6) is 0 Å². The Balaban J connectivity index is 1.32. The van der Waals surface area contributed by atoms with Gasteiger partial charge in [-0.3, -0.25) is 4.90 Å². The zero-order valence-corrected chi connectivity index (χ0v) is 13.0. The van der Waals surface area contributed by atoms with Crippen molar-refractivity contribution in [2.24, 2.45) is 11.8 Å². The quantitative estimate of drug-likeness (QED) is 0.916. The molecule has 5 heteroatoms. The lowest BCUT2D eigenvalue weighted by molar-refractivity contribution is 0.0286. The largest absolute Gasteiger partial charge is 0.381 e. The third-order valence-corrected chi connectivity index (χ3v) is 5.38. The van der Waals surface area contributed by atoms with Crippen LogP contribution in [0.15, 0.2) is 24.4 Å². The average molecular weight is 303 g/mol. The summed E-state index contributed by atoms with van der Waals surface area (Å²) < 4.78 is 11.6. The molecule has 4 rings (SSSR count). The molecule has 3 aliphatic heterocycles. The molecule has 3 aliphatic rings. The molecule has 0 amide bonds. The third-order valence-electron chi connectivity index (χ3n) is 5.38. The van der Waals surface area contributed by atoms with Crippen LogP contribution in [0.3, 0.4) is 0 Å². The van der Waals surface area contributed by atoms with Gasteiger partial charge in [0, 0.05) is 56.9 Å². The normalized spacial score (nSPS) is 33.0. The summed E-state index contributed by atoms with van der Waals surface area (Å²) in [6.45, 7) is 5.97. The van der Waals surface area contributed by atoms with Crippen LogP contribution in [0.4, 0.5) is 5.82 Å². The van der Waals surface area contributed by atoms with E-state index in [9.17, 15) is 0 Å². The number of rotatable bonds is 4. The molecule has 0 unspecified atom stereocenters. The second-order valence-electron chi connectivity index (χ2n) is 6.69. The van der Waals surface area contributed by atoms with Crippen LogP contribution in [0.25, 0.3) is 0 Å². The van der Waals surface area contributed by atoms with Crippen LogP contribution in [-0.4, -0.2) is 61.5 Å². The minimum atomic E-state index is 0.429. The van der Waals surface area contributed by atoms with Crippen LogP contribution in [0.2, 0.25) is 0 Å². The van der Waals surface area contributed by atoms with Crippen molar-refractivity contribution in [3.05, 3.63) is 24.4 Å². The van der Waals surface area contributed by atoms with Gasteiger partial charge in [0.15, 0.2) is 0 Å². The number of nitrogens with zero attached hydrogens (tertiary/aromatic N) is 2. The second-order valence-corrected chi connectivity index (χ2v) is 6.69. The molecular weight excluding hydrogens is 278 g/mol. The Morgan fingerprint density at radius 1 is 1.23 bits per heavy atom. The Morgan fingerprint density at radius 2 is 2.14 bits per heavy atom. The van der Waals surface area contributed by atoms with Crippen LogP contribution in [-0.2, 0) is 9.47 Å². The van der Waals surface area contributed by atoms with E-state index in [4.69, 9.17) is 9.47 Å². The maximum absolute atomic E-state index is 6.07.